The molecule has 58 valence electrons. The van der Waals surface area contributed by atoms with Gasteiger partial charge < -0.3 is 10.1 Å². The normalized spacial score (nSPS) is 12.8. The van der Waals surface area contributed by atoms with Crippen molar-refractivity contribution >= 4 is 19.2 Å². The van der Waals surface area contributed by atoms with Crippen molar-refractivity contribution in [1.29, 1.82) is 0 Å². The van der Waals surface area contributed by atoms with Crippen molar-refractivity contribution in [3.05, 3.63) is 10.4 Å². The summed E-state index contributed by atoms with van der Waals surface area (Å²) in [5, 5.41) is 17.4. The Balaban J connectivity index is 4.00. The van der Waals surface area contributed by atoms with Crippen LogP contribution in [0.3, 0.4) is 0 Å². The van der Waals surface area contributed by atoms with Crippen LogP contribution in [0.2, 0.25) is 0 Å². The summed E-state index contributed by atoms with van der Waals surface area (Å²) < 4.78 is 0. The van der Waals surface area contributed by atoms with Gasteiger partial charge in [-0.2, -0.15) is 0 Å². The predicted octanol–water partition coefficient (Wildman–Crippen LogP) is 0.307. The molecule has 0 spiro atoms. The lowest BCUT2D eigenvalue weighted by Gasteiger charge is -2.03. The van der Waals surface area contributed by atoms with E-state index in [1.54, 1.807) is 11.8 Å². The van der Waals surface area contributed by atoms with Crippen LogP contribution in [-0.2, 0) is 0 Å². The largest absolute Gasteiger partial charge is 0.449 e. The zero-order valence-corrected chi connectivity index (χ0v) is 7.24. The minimum Gasteiger partial charge on any atom is -0.449 e. The molecule has 0 saturated carbocycles. The second-order valence-electron chi connectivity index (χ2n) is 1.95. The van der Waals surface area contributed by atoms with Crippen LogP contribution >= 0.6 is 11.8 Å². The van der Waals surface area contributed by atoms with Crippen LogP contribution in [0, 0.1) is 0 Å². The third-order valence-corrected chi connectivity index (χ3v) is 2.29. The molecule has 0 atom stereocenters. The SMILES string of the molecule is CCS/C(CO)=C(\C)BO. The maximum atomic E-state index is 8.77. The highest BCUT2D eigenvalue weighted by Gasteiger charge is 2.00. The Kier molecular flexibility index (Phi) is 5.87. The van der Waals surface area contributed by atoms with Crippen molar-refractivity contribution in [3.63, 3.8) is 0 Å². The summed E-state index contributed by atoms with van der Waals surface area (Å²) in [7, 11) is 0.0445. The Bertz CT molecular complexity index is 125. The average Bonchev–Trinajstić information content (AvgIpc) is 1.99. The number of hydrogen-bond donors (Lipinski definition) is 2. The van der Waals surface area contributed by atoms with E-state index in [1.807, 2.05) is 13.8 Å². The third kappa shape index (κ3) is 3.30. The van der Waals surface area contributed by atoms with E-state index in [-0.39, 0.29) is 14.1 Å². The quantitative estimate of drug-likeness (QED) is 0.581. The molecular weight excluding hydrogens is 147 g/mol. The molecule has 4 heteroatoms. The zero-order chi connectivity index (χ0) is 7.98. The Labute approximate surface area is 66.6 Å². The van der Waals surface area contributed by atoms with E-state index in [9.17, 15) is 0 Å². The topological polar surface area (TPSA) is 40.5 Å². The van der Waals surface area contributed by atoms with Crippen LogP contribution in [0.4, 0.5) is 0 Å². The highest BCUT2D eigenvalue weighted by molar-refractivity contribution is 8.03. The molecule has 10 heavy (non-hydrogen) atoms. The smallest absolute Gasteiger partial charge is 0.301 e. The van der Waals surface area contributed by atoms with Crippen LogP contribution in [0.25, 0.3) is 0 Å². The second-order valence-corrected chi connectivity index (χ2v) is 3.31. The molecule has 0 aromatic rings. The fourth-order valence-corrected chi connectivity index (χ4v) is 1.32. The Morgan fingerprint density at radius 3 is 2.50 bits per heavy atom. The van der Waals surface area contributed by atoms with Gasteiger partial charge in [0.2, 0.25) is 0 Å². The Hall–Kier alpha value is 0.0749. The molecule has 0 unspecified atom stereocenters. The molecule has 0 bridgehead atoms. The van der Waals surface area contributed by atoms with Gasteiger partial charge in [-0.25, -0.2) is 0 Å². The fourth-order valence-electron chi connectivity index (χ4n) is 0.566. The molecule has 0 aliphatic heterocycles. The van der Waals surface area contributed by atoms with Crippen LogP contribution in [0.5, 0.6) is 0 Å². The number of hydrogen-bond acceptors (Lipinski definition) is 3. The molecule has 0 rings (SSSR count). The first kappa shape index (κ1) is 10.1. The number of thioether (sulfide) groups is 1. The van der Waals surface area contributed by atoms with E-state index in [0.717, 1.165) is 16.1 Å². The van der Waals surface area contributed by atoms with E-state index in [4.69, 9.17) is 10.1 Å². The molecule has 0 fully saturated rings. The van der Waals surface area contributed by atoms with Gasteiger partial charge in [0.05, 0.1) is 6.61 Å². The van der Waals surface area contributed by atoms with Crippen LogP contribution in [-0.4, -0.2) is 30.0 Å². The van der Waals surface area contributed by atoms with Gasteiger partial charge in [-0.3, -0.25) is 0 Å². The molecule has 0 aromatic heterocycles. The molecule has 0 heterocycles. The van der Waals surface area contributed by atoms with E-state index in [0.29, 0.717) is 0 Å². The minimum atomic E-state index is 0.0445. The zero-order valence-electron chi connectivity index (χ0n) is 6.42. The minimum absolute atomic E-state index is 0.0445. The van der Waals surface area contributed by atoms with Crippen molar-refractivity contribution in [2.75, 3.05) is 12.4 Å². The van der Waals surface area contributed by atoms with Crippen molar-refractivity contribution in [1.82, 2.24) is 0 Å². The van der Waals surface area contributed by atoms with Gasteiger partial charge in [0.15, 0.2) is 0 Å². The molecule has 0 aliphatic rings. The molecule has 2 nitrogen and oxygen atoms in total. The maximum absolute atomic E-state index is 8.77. The van der Waals surface area contributed by atoms with Crippen LogP contribution < -0.4 is 0 Å². The molecule has 0 aromatic carbocycles. The maximum Gasteiger partial charge on any atom is 0.301 e. The van der Waals surface area contributed by atoms with Crippen molar-refractivity contribution in [2.45, 2.75) is 13.8 Å². The number of allylic oxidation sites excluding steroid dienone is 1. The summed E-state index contributed by atoms with van der Waals surface area (Å²) in [6.45, 7) is 3.89. The average molecular weight is 160 g/mol. The summed E-state index contributed by atoms with van der Waals surface area (Å²) in [6.07, 6.45) is 0. The molecule has 0 amide bonds. The van der Waals surface area contributed by atoms with Gasteiger partial charge in [0, 0.05) is 4.91 Å². The summed E-state index contributed by atoms with van der Waals surface area (Å²) in [5.74, 6) is 0.938. The lowest BCUT2D eigenvalue weighted by molar-refractivity contribution is 0.339. The monoisotopic (exact) mass is 160 g/mol. The van der Waals surface area contributed by atoms with Crippen molar-refractivity contribution in [3.8, 4) is 0 Å². The first-order valence-corrected chi connectivity index (χ1v) is 4.28. The summed E-state index contributed by atoms with van der Waals surface area (Å²) in [4.78, 5) is 0.894. The Morgan fingerprint density at radius 1 is 1.60 bits per heavy atom. The second kappa shape index (κ2) is 5.83. The third-order valence-electron chi connectivity index (χ3n) is 1.18. The highest BCUT2D eigenvalue weighted by atomic mass is 32.2. The molecular formula is C6H13BO2S. The van der Waals surface area contributed by atoms with E-state index < -0.39 is 0 Å². The summed E-state index contributed by atoms with van der Waals surface area (Å²) in [5.41, 5.74) is 0.870. The van der Waals surface area contributed by atoms with Gasteiger partial charge in [-0.15, -0.1) is 11.8 Å². The van der Waals surface area contributed by atoms with Gasteiger partial charge in [0.1, 0.15) is 0 Å². The number of rotatable bonds is 4. The van der Waals surface area contributed by atoms with E-state index in [1.165, 1.54) is 0 Å². The molecule has 0 aliphatic carbocycles. The van der Waals surface area contributed by atoms with E-state index in [2.05, 4.69) is 0 Å². The van der Waals surface area contributed by atoms with Crippen molar-refractivity contribution in [2.24, 2.45) is 0 Å². The van der Waals surface area contributed by atoms with Crippen LogP contribution in [0.1, 0.15) is 13.8 Å². The molecule has 0 radical (unpaired) electrons. The lowest BCUT2D eigenvalue weighted by atomic mass is 9.89. The standard InChI is InChI=1S/C6H13BO2S/c1-3-10-6(4-8)5(2)7-9/h7-9H,3-4H2,1-2H3/b6-5+. The van der Waals surface area contributed by atoms with Gasteiger partial charge in [-0.1, -0.05) is 12.4 Å². The van der Waals surface area contributed by atoms with Gasteiger partial charge in [0.25, 0.3) is 0 Å². The predicted molar refractivity (Wildman–Crippen MR) is 47.3 cm³/mol. The van der Waals surface area contributed by atoms with E-state index >= 15 is 0 Å². The summed E-state index contributed by atoms with van der Waals surface area (Å²) >= 11 is 1.58. The first-order valence-electron chi connectivity index (χ1n) is 3.29. The first-order chi connectivity index (χ1) is 4.76. The fraction of sp³-hybridized carbons (Fsp3) is 0.667. The lowest BCUT2D eigenvalue weighted by Crippen LogP contribution is -1.98. The Morgan fingerprint density at radius 2 is 2.20 bits per heavy atom. The molecule has 2 N–H and O–H groups in total. The number of aliphatic hydroxyl groups is 1. The van der Waals surface area contributed by atoms with Gasteiger partial charge >= 0.3 is 7.48 Å². The van der Waals surface area contributed by atoms with Gasteiger partial charge in [-0.05, 0) is 12.7 Å². The number of aliphatic hydroxyl groups excluding tert-OH is 1. The summed E-state index contributed by atoms with van der Waals surface area (Å²) in [6, 6.07) is 0. The van der Waals surface area contributed by atoms with Crippen molar-refractivity contribution < 1.29 is 10.1 Å². The molecule has 0 saturated heterocycles. The highest BCUT2D eigenvalue weighted by Crippen LogP contribution is 2.17. The van der Waals surface area contributed by atoms with Crippen LogP contribution in [0.15, 0.2) is 10.4 Å².